The maximum absolute atomic E-state index is 11.3. The molecule has 0 aliphatic heterocycles. The van der Waals surface area contributed by atoms with E-state index in [0.29, 0.717) is 0 Å². The molecule has 0 saturated heterocycles. The van der Waals surface area contributed by atoms with E-state index < -0.39 is 18.3 Å². The van der Waals surface area contributed by atoms with Crippen LogP contribution in [0, 0.1) is 19.3 Å². The summed E-state index contributed by atoms with van der Waals surface area (Å²) in [5.41, 5.74) is -3.19. The molecule has 4 radical (unpaired) electrons. The van der Waals surface area contributed by atoms with Gasteiger partial charge >= 0.3 is 6.18 Å². The van der Waals surface area contributed by atoms with Crippen LogP contribution in [-0.4, -0.2) is 12.9 Å². The van der Waals surface area contributed by atoms with Crippen LogP contribution in [0.2, 0.25) is 0 Å². The molecule has 0 aromatic heterocycles. The SMILES string of the molecule is [CH]C([CH])(CF)C(F)(F)F. The molecule has 0 aliphatic carbocycles. The largest absolute Gasteiger partial charge is 0.397 e. The summed E-state index contributed by atoms with van der Waals surface area (Å²) >= 11 is 0. The minimum atomic E-state index is -4.87. The average molecular weight is 140 g/mol. The first-order valence-corrected chi connectivity index (χ1v) is 2.02. The van der Waals surface area contributed by atoms with Crippen LogP contribution in [0.3, 0.4) is 0 Å². The van der Waals surface area contributed by atoms with Crippen LogP contribution in [0.5, 0.6) is 0 Å². The number of hydrogen-bond donors (Lipinski definition) is 0. The highest BCUT2D eigenvalue weighted by Gasteiger charge is 2.47. The lowest BCUT2D eigenvalue weighted by atomic mass is 9.95. The van der Waals surface area contributed by atoms with Gasteiger partial charge in [0.1, 0.15) is 12.1 Å². The molecule has 0 aliphatic rings. The second-order valence-electron chi connectivity index (χ2n) is 1.67. The van der Waals surface area contributed by atoms with Gasteiger partial charge in [0.2, 0.25) is 0 Å². The molecule has 0 bridgehead atoms. The van der Waals surface area contributed by atoms with Gasteiger partial charge in [-0.3, -0.25) is 4.39 Å². The predicted molar refractivity (Wildman–Crippen MR) is 23.1 cm³/mol. The van der Waals surface area contributed by atoms with Crippen LogP contribution in [0.4, 0.5) is 17.6 Å². The quantitative estimate of drug-likeness (QED) is 0.488. The molecular formula is C5H4F4. The van der Waals surface area contributed by atoms with Gasteiger partial charge in [0.15, 0.2) is 0 Å². The Morgan fingerprint density at radius 3 is 1.44 bits per heavy atom. The van der Waals surface area contributed by atoms with Crippen molar-refractivity contribution >= 4 is 0 Å². The topological polar surface area (TPSA) is 0 Å². The molecule has 4 heteroatoms. The Bertz CT molecular complexity index is 91.6. The van der Waals surface area contributed by atoms with E-state index >= 15 is 0 Å². The van der Waals surface area contributed by atoms with Gasteiger partial charge in [-0.2, -0.15) is 13.2 Å². The van der Waals surface area contributed by atoms with Crippen molar-refractivity contribution < 1.29 is 17.6 Å². The van der Waals surface area contributed by atoms with E-state index in [0.717, 1.165) is 0 Å². The molecule has 0 aromatic carbocycles. The molecule has 0 rings (SSSR count). The summed E-state index contributed by atoms with van der Waals surface area (Å²) in [6.45, 7) is 6.73. The molecule has 0 amide bonds. The van der Waals surface area contributed by atoms with Gasteiger partial charge in [-0.25, -0.2) is 0 Å². The standard InChI is InChI=1S/C5H4F4/c1-4(2,3-6)5(7,8)9/h1-2H,3H2. The summed E-state index contributed by atoms with van der Waals surface area (Å²) < 4.78 is 45.3. The van der Waals surface area contributed by atoms with Crippen molar-refractivity contribution in [1.29, 1.82) is 0 Å². The smallest absolute Gasteiger partial charge is 0.250 e. The maximum atomic E-state index is 11.3. The third kappa shape index (κ3) is 1.84. The first-order valence-electron chi connectivity index (χ1n) is 2.02. The third-order valence-electron chi connectivity index (χ3n) is 0.749. The lowest BCUT2D eigenvalue weighted by Gasteiger charge is -2.22. The van der Waals surface area contributed by atoms with Gasteiger partial charge < -0.3 is 0 Å². The van der Waals surface area contributed by atoms with Gasteiger partial charge in [-0.1, -0.05) is 0 Å². The Morgan fingerprint density at radius 1 is 1.11 bits per heavy atom. The van der Waals surface area contributed by atoms with E-state index in [4.69, 9.17) is 0 Å². The van der Waals surface area contributed by atoms with E-state index in [2.05, 4.69) is 13.8 Å². The van der Waals surface area contributed by atoms with Gasteiger partial charge in [0.05, 0.1) is 0 Å². The zero-order valence-electron chi connectivity index (χ0n) is 4.37. The Hall–Kier alpha value is -0.280. The molecule has 0 N–H and O–H groups in total. The van der Waals surface area contributed by atoms with Crippen molar-refractivity contribution in [2.24, 2.45) is 5.41 Å². The van der Waals surface area contributed by atoms with Crippen LogP contribution in [0.25, 0.3) is 0 Å². The van der Waals surface area contributed by atoms with Crippen molar-refractivity contribution in [3.63, 3.8) is 0 Å². The molecule has 0 saturated carbocycles. The molecule has 0 spiro atoms. The second-order valence-corrected chi connectivity index (χ2v) is 1.67. The first kappa shape index (κ1) is 8.72. The van der Waals surface area contributed by atoms with Crippen LogP contribution >= 0.6 is 0 Å². The second kappa shape index (κ2) is 2.15. The van der Waals surface area contributed by atoms with Crippen molar-refractivity contribution in [1.82, 2.24) is 0 Å². The highest BCUT2D eigenvalue weighted by molar-refractivity contribution is 4.90. The monoisotopic (exact) mass is 140 g/mol. The van der Waals surface area contributed by atoms with Crippen molar-refractivity contribution in [3.05, 3.63) is 13.8 Å². The van der Waals surface area contributed by atoms with Gasteiger partial charge in [-0.15, -0.1) is 0 Å². The Balaban J connectivity index is 4.14. The van der Waals surface area contributed by atoms with Crippen LogP contribution in [0.15, 0.2) is 0 Å². The lowest BCUT2D eigenvalue weighted by Crippen LogP contribution is -2.34. The van der Waals surface area contributed by atoms with Crippen LogP contribution in [-0.2, 0) is 0 Å². The highest BCUT2D eigenvalue weighted by atomic mass is 19.4. The summed E-state index contributed by atoms with van der Waals surface area (Å²) in [5, 5.41) is 0. The minimum Gasteiger partial charge on any atom is -0.250 e. The molecule has 52 valence electrons. The summed E-state index contributed by atoms with van der Waals surface area (Å²) in [6, 6.07) is 0. The first-order chi connectivity index (χ1) is 3.81. The molecule has 0 unspecified atom stereocenters. The molecule has 0 heterocycles. The van der Waals surface area contributed by atoms with E-state index in [1.807, 2.05) is 0 Å². The van der Waals surface area contributed by atoms with E-state index in [1.165, 1.54) is 0 Å². The van der Waals surface area contributed by atoms with Crippen molar-refractivity contribution in [3.8, 4) is 0 Å². The average Bonchev–Trinajstić information content (AvgIpc) is 1.64. The fourth-order valence-electron chi connectivity index (χ4n) is 0.0758. The van der Waals surface area contributed by atoms with Gasteiger partial charge in [0.25, 0.3) is 0 Å². The summed E-state index contributed by atoms with van der Waals surface area (Å²) in [6.07, 6.45) is -4.87. The highest BCUT2D eigenvalue weighted by Crippen LogP contribution is 2.36. The number of halogens is 4. The van der Waals surface area contributed by atoms with Crippen LogP contribution in [0.1, 0.15) is 0 Å². The van der Waals surface area contributed by atoms with E-state index in [9.17, 15) is 17.6 Å². The molecule has 9 heavy (non-hydrogen) atoms. The van der Waals surface area contributed by atoms with Gasteiger partial charge in [0, 0.05) is 0 Å². The minimum absolute atomic E-state index is 1.81. The molecule has 0 atom stereocenters. The Morgan fingerprint density at radius 2 is 1.44 bits per heavy atom. The van der Waals surface area contributed by atoms with Crippen molar-refractivity contribution in [2.75, 3.05) is 6.67 Å². The Kier molecular flexibility index (Phi) is 2.09. The van der Waals surface area contributed by atoms with Crippen molar-refractivity contribution in [2.45, 2.75) is 6.18 Å². The van der Waals surface area contributed by atoms with E-state index in [1.54, 1.807) is 0 Å². The number of alkyl halides is 4. The predicted octanol–water partition coefficient (Wildman–Crippen LogP) is 1.93. The number of rotatable bonds is 1. The number of hydrogen-bond acceptors (Lipinski definition) is 0. The van der Waals surface area contributed by atoms with Gasteiger partial charge in [-0.05, 0) is 13.8 Å². The summed E-state index contributed by atoms with van der Waals surface area (Å²) in [5.74, 6) is 0. The maximum Gasteiger partial charge on any atom is 0.397 e. The fraction of sp³-hybridized carbons (Fsp3) is 0.600. The molecular weight excluding hydrogens is 136 g/mol. The summed E-state index contributed by atoms with van der Waals surface area (Å²) in [4.78, 5) is 0. The summed E-state index contributed by atoms with van der Waals surface area (Å²) in [7, 11) is 0. The zero-order chi connectivity index (χ0) is 7.71. The normalized spacial score (nSPS) is 14.0. The van der Waals surface area contributed by atoms with E-state index in [-0.39, 0.29) is 0 Å². The van der Waals surface area contributed by atoms with Crippen LogP contribution < -0.4 is 0 Å². The molecule has 0 aromatic rings. The fourth-order valence-corrected chi connectivity index (χ4v) is 0.0758. The molecule has 0 nitrogen and oxygen atoms in total. The zero-order valence-corrected chi connectivity index (χ0v) is 4.37. The molecule has 0 fully saturated rings. The lowest BCUT2D eigenvalue weighted by molar-refractivity contribution is -0.195. The third-order valence-corrected chi connectivity index (χ3v) is 0.749. The Labute approximate surface area is 50.9 Å².